The summed E-state index contributed by atoms with van der Waals surface area (Å²) in [6, 6.07) is 10.8. The number of hydrogen-bond donors (Lipinski definition) is 1. The van der Waals surface area contributed by atoms with Gasteiger partial charge < -0.3 is 5.32 Å². The van der Waals surface area contributed by atoms with Crippen molar-refractivity contribution in [2.45, 2.75) is 67.0 Å². The zero-order valence-electron chi connectivity index (χ0n) is 19.0. The van der Waals surface area contributed by atoms with Gasteiger partial charge in [0.2, 0.25) is 5.91 Å². The summed E-state index contributed by atoms with van der Waals surface area (Å²) in [5, 5.41) is 7.83. The second kappa shape index (κ2) is 11.1. The first-order valence-corrected chi connectivity index (χ1v) is 10.9. The van der Waals surface area contributed by atoms with E-state index in [0.29, 0.717) is 24.9 Å². The molecule has 0 aliphatic heterocycles. The van der Waals surface area contributed by atoms with Gasteiger partial charge in [-0.2, -0.15) is 5.10 Å². The Hall–Kier alpha value is -2.14. The molecule has 1 aromatic heterocycles. The van der Waals surface area contributed by atoms with E-state index in [2.05, 4.69) is 74.2 Å². The molecule has 0 spiro atoms. The smallest absolute Gasteiger partial charge is 0.224 e. The molecular formula is C24H38N4O. The van der Waals surface area contributed by atoms with Gasteiger partial charge in [0.1, 0.15) is 0 Å². The van der Waals surface area contributed by atoms with E-state index < -0.39 is 0 Å². The molecule has 0 bridgehead atoms. The third-order valence-corrected chi connectivity index (χ3v) is 5.58. The summed E-state index contributed by atoms with van der Waals surface area (Å²) in [5.74, 6) is 0.605. The number of likely N-dealkylation sites (N-methyl/N-ethyl adjacent to an activating group) is 1. The molecular weight excluding hydrogens is 360 g/mol. The average molecular weight is 399 g/mol. The number of carbonyl (C=O) groups excluding carboxylic acids is 1. The Morgan fingerprint density at radius 2 is 1.79 bits per heavy atom. The van der Waals surface area contributed by atoms with Gasteiger partial charge in [-0.25, -0.2) is 0 Å². The molecule has 160 valence electrons. The summed E-state index contributed by atoms with van der Waals surface area (Å²) in [5.41, 5.74) is 4.43. The van der Waals surface area contributed by atoms with Gasteiger partial charge in [-0.15, -0.1) is 0 Å². The van der Waals surface area contributed by atoms with Crippen LogP contribution in [0.1, 0.15) is 50.2 Å². The minimum atomic E-state index is 0.0746. The minimum absolute atomic E-state index is 0.0746. The van der Waals surface area contributed by atoms with Crippen molar-refractivity contribution in [3.8, 4) is 0 Å². The summed E-state index contributed by atoms with van der Waals surface area (Å²) < 4.78 is 2.04. The number of nitrogens with one attached hydrogen (secondary N) is 1. The second-order valence-electron chi connectivity index (χ2n) is 8.27. The van der Waals surface area contributed by atoms with Crippen LogP contribution in [-0.2, 0) is 24.2 Å². The molecule has 29 heavy (non-hydrogen) atoms. The maximum Gasteiger partial charge on any atom is 0.224 e. The molecule has 5 nitrogen and oxygen atoms in total. The first-order valence-electron chi connectivity index (χ1n) is 10.9. The number of amides is 1. The number of benzene rings is 1. The largest absolute Gasteiger partial charge is 0.354 e. The highest BCUT2D eigenvalue weighted by atomic mass is 16.1. The Morgan fingerprint density at radius 3 is 2.38 bits per heavy atom. The normalized spacial score (nSPS) is 12.6. The number of nitrogens with zero attached hydrogens (tertiary/aromatic N) is 3. The fourth-order valence-corrected chi connectivity index (χ4v) is 3.92. The Balaban J connectivity index is 2.02. The van der Waals surface area contributed by atoms with E-state index >= 15 is 0 Å². The molecule has 0 saturated heterocycles. The van der Waals surface area contributed by atoms with Crippen molar-refractivity contribution < 1.29 is 4.79 Å². The first kappa shape index (κ1) is 23.1. The van der Waals surface area contributed by atoms with E-state index in [-0.39, 0.29) is 5.91 Å². The molecule has 2 rings (SSSR count). The molecule has 1 heterocycles. The predicted molar refractivity (Wildman–Crippen MR) is 120 cm³/mol. The van der Waals surface area contributed by atoms with E-state index in [1.807, 2.05) is 17.7 Å². The maximum absolute atomic E-state index is 12.7. The van der Waals surface area contributed by atoms with Crippen LogP contribution >= 0.6 is 0 Å². The summed E-state index contributed by atoms with van der Waals surface area (Å²) in [6.45, 7) is 16.3. The van der Waals surface area contributed by atoms with Crippen molar-refractivity contribution in [1.29, 1.82) is 0 Å². The zero-order chi connectivity index (χ0) is 21.4. The van der Waals surface area contributed by atoms with Crippen LogP contribution in [0.2, 0.25) is 0 Å². The van der Waals surface area contributed by atoms with Gasteiger partial charge in [-0.3, -0.25) is 14.4 Å². The molecule has 1 amide bonds. The fraction of sp³-hybridized carbons (Fsp3) is 0.583. The molecule has 0 aliphatic rings. The lowest BCUT2D eigenvalue weighted by Gasteiger charge is -2.30. The van der Waals surface area contributed by atoms with Gasteiger partial charge in [0.05, 0.1) is 12.1 Å². The monoisotopic (exact) mass is 398 g/mol. The van der Waals surface area contributed by atoms with Crippen LogP contribution in [0.15, 0.2) is 30.3 Å². The van der Waals surface area contributed by atoms with Crippen LogP contribution < -0.4 is 5.32 Å². The maximum atomic E-state index is 12.7. The second-order valence-corrected chi connectivity index (χ2v) is 8.27. The number of carbonyl (C=O) groups is 1. The molecule has 1 aromatic carbocycles. The molecule has 0 saturated carbocycles. The SMILES string of the molecule is CCN(CC)C(CNC(=O)Cc1c(C)nn(CC(C)C)c1C)Cc1ccccc1. The van der Waals surface area contributed by atoms with Crippen LogP contribution in [0.4, 0.5) is 0 Å². The van der Waals surface area contributed by atoms with Gasteiger partial charge in [0, 0.05) is 30.4 Å². The van der Waals surface area contributed by atoms with Crippen molar-refractivity contribution >= 4 is 5.91 Å². The summed E-state index contributed by atoms with van der Waals surface area (Å²) in [6.07, 6.45) is 1.33. The first-order chi connectivity index (χ1) is 13.8. The van der Waals surface area contributed by atoms with Crippen molar-refractivity contribution in [2.24, 2.45) is 5.92 Å². The lowest BCUT2D eigenvalue weighted by molar-refractivity contribution is -0.120. The number of aryl methyl sites for hydroxylation is 1. The van der Waals surface area contributed by atoms with E-state index in [0.717, 1.165) is 43.0 Å². The highest BCUT2D eigenvalue weighted by Gasteiger charge is 2.19. The van der Waals surface area contributed by atoms with Gasteiger partial charge >= 0.3 is 0 Å². The Labute approximate surface area is 176 Å². The molecule has 0 radical (unpaired) electrons. The van der Waals surface area contributed by atoms with E-state index in [4.69, 9.17) is 0 Å². The number of rotatable bonds is 11. The Morgan fingerprint density at radius 1 is 1.14 bits per heavy atom. The lowest BCUT2D eigenvalue weighted by Crippen LogP contribution is -2.45. The minimum Gasteiger partial charge on any atom is -0.354 e. The van der Waals surface area contributed by atoms with Crippen molar-refractivity contribution in [2.75, 3.05) is 19.6 Å². The van der Waals surface area contributed by atoms with Crippen LogP contribution in [-0.4, -0.2) is 46.3 Å². The quantitative estimate of drug-likeness (QED) is 0.627. The van der Waals surface area contributed by atoms with E-state index in [9.17, 15) is 4.79 Å². The predicted octanol–water partition coefficient (Wildman–Crippen LogP) is 3.77. The molecule has 0 fully saturated rings. The molecule has 2 aromatic rings. The fourth-order valence-electron chi connectivity index (χ4n) is 3.92. The standard InChI is InChI=1S/C24H38N4O/c1-7-27(8-2)22(14-21-12-10-9-11-13-21)16-25-24(29)15-23-19(5)26-28(20(23)6)17-18(3)4/h9-13,18,22H,7-8,14-17H2,1-6H3,(H,25,29). The highest BCUT2D eigenvalue weighted by Crippen LogP contribution is 2.15. The Kier molecular flexibility index (Phi) is 8.90. The van der Waals surface area contributed by atoms with Gasteiger partial charge in [-0.1, -0.05) is 58.0 Å². The summed E-state index contributed by atoms with van der Waals surface area (Å²) in [7, 11) is 0. The van der Waals surface area contributed by atoms with Gasteiger partial charge in [0.25, 0.3) is 0 Å². The summed E-state index contributed by atoms with van der Waals surface area (Å²) in [4.78, 5) is 15.2. The van der Waals surface area contributed by atoms with Crippen LogP contribution in [0.5, 0.6) is 0 Å². The lowest BCUT2D eigenvalue weighted by atomic mass is 10.0. The van der Waals surface area contributed by atoms with E-state index in [1.54, 1.807) is 0 Å². The van der Waals surface area contributed by atoms with Crippen LogP contribution in [0, 0.1) is 19.8 Å². The van der Waals surface area contributed by atoms with Gasteiger partial charge in [-0.05, 0) is 44.8 Å². The summed E-state index contributed by atoms with van der Waals surface area (Å²) >= 11 is 0. The average Bonchev–Trinajstić information content (AvgIpc) is 2.94. The topological polar surface area (TPSA) is 50.2 Å². The van der Waals surface area contributed by atoms with Gasteiger partial charge in [0.15, 0.2) is 0 Å². The van der Waals surface area contributed by atoms with Crippen molar-refractivity contribution in [1.82, 2.24) is 20.0 Å². The van der Waals surface area contributed by atoms with Crippen LogP contribution in [0.3, 0.4) is 0 Å². The molecule has 1 unspecified atom stereocenters. The molecule has 5 heteroatoms. The van der Waals surface area contributed by atoms with Crippen molar-refractivity contribution in [3.63, 3.8) is 0 Å². The highest BCUT2D eigenvalue weighted by molar-refractivity contribution is 5.79. The number of aromatic nitrogens is 2. The zero-order valence-corrected chi connectivity index (χ0v) is 19.0. The van der Waals surface area contributed by atoms with E-state index in [1.165, 1.54) is 5.56 Å². The molecule has 1 N–H and O–H groups in total. The Bertz CT molecular complexity index is 763. The third-order valence-electron chi connectivity index (χ3n) is 5.58. The third kappa shape index (κ3) is 6.70. The number of hydrogen-bond acceptors (Lipinski definition) is 3. The molecule has 1 atom stereocenters. The van der Waals surface area contributed by atoms with Crippen molar-refractivity contribution in [3.05, 3.63) is 52.8 Å². The molecule has 0 aliphatic carbocycles. The van der Waals surface area contributed by atoms with Crippen LogP contribution in [0.25, 0.3) is 0 Å².